The second-order valence-corrected chi connectivity index (χ2v) is 7.70. The van der Waals surface area contributed by atoms with Gasteiger partial charge in [-0.25, -0.2) is 4.39 Å². The number of carbonyl (C=O) groups is 1. The summed E-state index contributed by atoms with van der Waals surface area (Å²) >= 11 is 1.18. The Kier molecular flexibility index (Phi) is 5.60. The van der Waals surface area contributed by atoms with Crippen molar-refractivity contribution >= 4 is 23.4 Å². The third-order valence-electron chi connectivity index (χ3n) is 4.07. The van der Waals surface area contributed by atoms with Gasteiger partial charge in [0.15, 0.2) is 0 Å². The Balaban J connectivity index is 1.68. The SMILES string of the molecule is Cc1cc(C)c(NC(=O)[C@H](C)Sc2nnc(-c3ccc(F)cc3)o2)c(C)c1. The van der Waals surface area contributed by atoms with Crippen LogP contribution in [0.1, 0.15) is 23.6 Å². The summed E-state index contributed by atoms with van der Waals surface area (Å²) in [4.78, 5) is 12.6. The molecule has 0 aliphatic rings. The molecule has 1 aromatic heterocycles. The fourth-order valence-electron chi connectivity index (χ4n) is 2.77. The molecule has 7 heteroatoms. The maximum Gasteiger partial charge on any atom is 0.277 e. The lowest BCUT2D eigenvalue weighted by molar-refractivity contribution is -0.115. The van der Waals surface area contributed by atoms with E-state index in [0.717, 1.165) is 22.4 Å². The number of carbonyl (C=O) groups excluding carboxylic acids is 1. The van der Waals surface area contributed by atoms with Crippen molar-refractivity contribution in [3.8, 4) is 11.5 Å². The van der Waals surface area contributed by atoms with E-state index in [4.69, 9.17) is 4.42 Å². The molecule has 0 fully saturated rings. The van der Waals surface area contributed by atoms with Gasteiger partial charge in [0.2, 0.25) is 11.8 Å². The van der Waals surface area contributed by atoms with Gasteiger partial charge in [-0.1, -0.05) is 29.5 Å². The first-order chi connectivity index (χ1) is 12.8. The largest absolute Gasteiger partial charge is 0.411 e. The number of halogens is 1. The first-order valence-corrected chi connectivity index (χ1v) is 9.36. The topological polar surface area (TPSA) is 68.0 Å². The van der Waals surface area contributed by atoms with Crippen LogP contribution in [0, 0.1) is 26.6 Å². The Morgan fingerprint density at radius 2 is 1.74 bits per heavy atom. The maximum absolute atomic E-state index is 13.0. The molecule has 140 valence electrons. The smallest absolute Gasteiger partial charge is 0.277 e. The standard InChI is InChI=1S/C20H20FN3O2S/c1-11-9-12(2)17(13(3)10-11)22-18(25)14(4)27-20-24-23-19(26-20)15-5-7-16(21)8-6-15/h5-10,14H,1-4H3,(H,22,25)/t14-/m0/s1. The predicted molar refractivity (Wildman–Crippen MR) is 104 cm³/mol. The number of aryl methyl sites for hydroxylation is 3. The van der Waals surface area contributed by atoms with Crippen molar-refractivity contribution in [3.05, 3.63) is 58.9 Å². The van der Waals surface area contributed by atoms with Crippen LogP contribution in [0.4, 0.5) is 10.1 Å². The summed E-state index contributed by atoms with van der Waals surface area (Å²) in [5.74, 6) is -0.188. The van der Waals surface area contributed by atoms with E-state index in [1.165, 1.54) is 23.9 Å². The number of rotatable bonds is 5. The monoisotopic (exact) mass is 385 g/mol. The van der Waals surface area contributed by atoms with Crippen LogP contribution in [0.2, 0.25) is 0 Å². The van der Waals surface area contributed by atoms with Gasteiger partial charge in [-0.05, 0) is 63.1 Å². The van der Waals surface area contributed by atoms with E-state index in [-0.39, 0.29) is 22.8 Å². The van der Waals surface area contributed by atoms with Crippen LogP contribution in [0.15, 0.2) is 46.0 Å². The number of aromatic nitrogens is 2. The van der Waals surface area contributed by atoms with Gasteiger partial charge in [0, 0.05) is 11.3 Å². The van der Waals surface area contributed by atoms with Gasteiger partial charge in [-0.3, -0.25) is 4.79 Å². The predicted octanol–water partition coefficient (Wildman–Crippen LogP) is 4.92. The molecule has 0 saturated heterocycles. The van der Waals surface area contributed by atoms with Gasteiger partial charge in [0.1, 0.15) is 5.82 Å². The zero-order valence-corrected chi connectivity index (χ0v) is 16.4. The zero-order valence-electron chi connectivity index (χ0n) is 15.5. The van der Waals surface area contributed by atoms with Crippen molar-refractivity contribution in [3.63, 3.8) is 0 Å². The van der Waals surface area contributed by atoms with Gasteiger partial charge in [0.05, 0.1) is 5.25 Å². The highest BCUT2D eigenvalue weighted by atomic mass is 32.2. The summed E-state index contributed by atoms with van der Waals surface area (Å²) in [7, 11) is 0. The molecule has 27 heavy (non-hydrogen) atoms. The average molecular weight is 385 g/mol. The van der Waals surface area contributed by atoms with Crippen molar-refractivity contribution in [1.29, 1.82) is 0 Å². The van der Waals surface area contributed by atoms with E-state index in [9.17, 15) is 9.18 Å². The molecule has 0 aliphatic heterocycles. The molecule has 0 spiro atoms. The lowest BCUT2D eigenvalue weighted by Crippen LogP contribution is -2.23. The van der Waals surface area contributed by atoms with Gasteiger partial charge in [-0.2, -0.15) is 0 Å². The molecular formula is C20H20FN3O2S. The zero-order chi connectivity index (χ0) is 19.6. The molecule has 0 unspecified atom stereocenters. The van der Waals surface area contributed by atoms with E-state index in [1.54, 1.807) is 19.1 Å². The molecule has 0 bridgehead atoms. The molecule has 0 radical (unpaired) electrons. The van der Waals surface area contributed by atoms with Gasteiger partial charge < -0.3 is 9.73 Å². The highest BCUT2D eigenvalue weighted by Gasteiger charge is 2.20. The van der Waals surface area contributed by atoms with Crippen LogP contribution in [-0.2, 0) is 4.79 Å². The number of hydrogen-bond donors (Lipinski definition) is 1. The van der Waals surface area contributed by atoms with Crippen LogP contribution in [0.5, 0.6) is 0 Å². The van der Waals surface area contributed by atoms with Crippen molar-refractivity contribution in [1.82, 2.24) is 10.2 Å². The molecular weight excluding hydrogens is 365 g/mol. The third kappa shape index (κ3) is 4.54. The van der Waals surface area contributed by atoms with E-state index in [1.807, 2.05) is 32.9 Å². The highest BCUT2D eigenvalue weighted by molar-refractivity contribution is 8.00. The van der Waals surface area contributed by atoms with E-state index in [2.05, 4.69) is 15.5 Å². The number of anilines is 1. The summed E-state index contributed by atoms with van der Waals surface area (Å²) in [6.07, 6.45) is 0. The van der Waals surface area contributed by atoms with Gasteiger partial charge in [-0.15, -0.1) is 10.2 Å². The molecule has 1 amide bonds. The summed E-state index contributed by atoms with van der Waals surface area (Å²) < 4.78 is 18.6. The van der Waals surface area contributed by atoms with E-state index < -0.39 is 5.25 Å². The molecule has 1 atom stereocenters. The van der Waals surface area contributed by atoms with Crippen molar-refractivity contribution in [2.75, 3.05) is 5.32 Å². The second-order valence-electron chi connectivity index (χ2n) is 6.40. The Morgan fingerprint density at radius 1 is 1.11 bits per heavy atom. The highest BCUT2D eigenvalue weighted by Crippen LogP contribution is 2.28. The molecule has 3 rings (SSSR count). The lowest BCUT2D eigenvalue weighted by Gasteiger charge is -2.15. The molecule has 1 N–H and O–H groups in total. The summed E-state index contributed by atoms with van der Waals surface area (Å²) in [5.41, 5.74) is 4.66. The number of nitrogens with one attached hydrogen (secondary N) is 1. The number of thioether (sulfide) groups is 1. The molecule has 2 aromatic carbocycles. The maximum atomic E-state index is 13.0. The average Bonchev–Trinajstić information content (AvgIpc) is 3.07. The van der Waals surface area contributed by atoms with Crippen molar-refractivity contribution in [2.24, 2.45) is 0 Å². The number of amides is 1. The quantitative estimate of drug-likeness (QED) is 0.632. The van der Waals surface area contributed by atoms with E-state index in [0.29, 0.717) is 5.56 Å². The summed E-state index contributed by atoms with van der Waals surface area (Å²) in [5, 5.41) is 10.8. The van der Waals surface area contributed by atoms with Crippen LogP contribution in [0.3, 0.4) is 0 Å². The number of benzene rings is 2. The Morgan fingerprint density at radius 3 is 2.37 bits per heavy atom. The second kappa shape index (κ2) is 7.92. The molecule has 0 aliphatic carbocycles. The minimum atomic E-state index is -0.424. The Hall–Kier alpha value is -2.67. The molecule has 0 saturated carbocycles. The molecule has 1 heterocycles. The third-order valence-corrected chi connectivity index (χ3v) is 5.00. The fourth-order valence-corrected chi connectivity index (χ4v) is 3.46. The van der Waals surface area contributed by atoms with Crippen molar-refractivity contribution < 1.29 is 13.6 Å². The van der Waals surface area contributed by atoms with E-state index >= 15 is 0 Å². The minimum absolute atomic E-state index is 0.142. The fraction of sp³-hybridized carbons (Fsp3) is 0.250. The summed E-state index contributed by atoms with van der Waals surface area (Å²) in [6, 6.07) is 9.86. The summed E-state index contributed by atoms with van der Waals surface area (Å²) in [6.45, 7) is 7.75. The van der Waals surface area contributed by atoms with Crippen molar-refractivity contribution in [2.45, 2.75) is 38.2 Å². The van der Waals surface area contributed by atoms with Crippen LogP contribution >= 0.6 is 11.8 Å². The Labute approximate surface area is 161 Å². The van der Waals surface area contributed by atoms with Gasteiger partial charge in [0.25, 0.3) is 5.22 Å². The minimum Gasteiger partial charge on any atom is -0.411 e. The molecule has 3 aromatic rings. The van der Waals surface area contributed by atoms with Crippen LogP contribution in [-0.4, -0.2) is 21.4 Å². The molecule has 5 nitrogen and oxygen atoms in total. The Bertz CT molecular complexity index is 947. The van der Waals surface area contributed by atoms with Gasteiger partial charge >= 0.3 is 0 Å². The normalized spacial score (nSPS) is 12.0. The lowest BCUT2D eigenvalue weighted by atomic mass is 10.1. The van der Waals surface area contributed by atoms with Crippen LogP contribution < -0.4 is 5.32 Å². The number of nitrogens with zero attached hydrogens (tertiary/aromatic N) is 2. The first kappa shape index (κ1) is 19.1. The number of hydrogen-bond acceptors (Lipinski definition) is 5. The van der Waals surface area contributed by atoms with Crippen LogP contribution in [0.25, 0.3) is 11.5 Å². The first-order valence-electron chi connectivity index (χ1n) is 8.48.